The predicted octanol–water partition coefficient (Wildman–Crippen LogP) is 1.57. The highest BCUT2D eigenvalue weighted by Crippen LogP contribution is 2.28. The van der Waals surface area contributed by atoms with Crippen LogP contribution in [0.3, 0.4) is 0 Å². The SMILES string of the molecule is c1cncc(CN2C[C@@H]3OCCN(c4cccnc4)[C@@H]3C2)c1. The molecule has 0 N–H and O–H groups in total. The van der Waals surface area contributed by atoms with Gasteiger partial charge in [-0.15, -0.1) is 0 Å². The maximum absolute atomic E-state index is 6.00. The standard InChI is InChI=1S/C17H20N4O/c1-3-14(9-18-5-1)11-20-12-16-17(13-20)22-8-7-21(16)15-4-2-6-19-10-15/h1-6,9-10,16-17H,7-8,11-13H2/t16-,17+/m1/s1. The summed E-state index contributed by atoms with van der Waals surface area (Å²) in [6.45, 7) is 4.67. The Morgan fingerprint density at radius 1 is 1.09 bits per heavy atom. The number of nitrogens with zero attached hydrogens (tertiary/aromatic N) is 4. The van der Waals surface area contributed by atoms with E-state index in [-0.39, 0.29) is 6.10 Å². The van der Waals surface area contributed by atoms with Gasteiger partial charge in [0, 0.05) is 44.8 Å². The van der Waals surface area contributed by atoms with Crippen LogP contribution in [0.1, 0.15) is 5.56 Å². The molecule has 2 aromatic heterocycles. The normalized spacial score (nSPS) is 25.2. The summed E-state index contributed by atoms with van der Waals surface area (Å²) in [5, 5.41) is 0. The summed E-state index contributed by atoms with van der Waals surface area (Å²) >= 11 is 0. The first-order valence-electron chi connectivity index (χ1n) is 7.80. The fraction of sp³-hybridized carbons (Fsp3) is 0.412. The van der Waals surface area contributed by atoms with Gasteiger partial charge in [-0.05, 0) is 23.8 Å². The van der Waals surface area contributed by atoms with Gasteiger partial charge in [-0.1, -0.05) is 6.07 Å². The Hall–Kier alpha value is -1.98. The van der Waals surface area contributed by atoms with Gasteiger partial charge in [0.15, 0.2) is 0 Å². The van der Waals surface area contributed by atoms with Crippen LogP contribution < -0.4 is 4.90 Å². The van der Waals surface area contributed by atoms with Gasteiger partial charge in [0.2, 0.25) is 0 Å². The number of morpholine rings is 1. The first-order chi connectivity index (χ1) is 10.9. The zero-order chi connectivity index (χ0) is 14.8. The fourth-order valence-corrected chi connectivity index (χ4v) is 3.49. The van der Waals surface area contributed by atoms with Gasteiger partial charge >= 0.3 is 0 Å². The molecule has 4 rings (SSSR count). The summed E-state index contributed by atoms with van der Waals surface area (Å²) in [5.41, 5.74) is 2.46. The van der Waals surface area contributed by atoms with E-state index in [4.69, 9.17) is 4.74 Å². The molecule has 2 aliphatic heterocycles. The molecule has 0 amide bonds. The van der Waals surface area contributed by atoms with Crippen molar-refractivity contribution in [2.75, 3.05) is 31.1 Å². The minimum Gasteiger partial charge on any atom is -0.373 e. The first-order valence-corrected chi connectivity index (χ1v) is 7.80. The minimum atomic E-state index is 0.283. The molecule has 0 unspecified atom stereocenters. The van der Waals surface area contributed by atoms with Crippen molar-refractivity contribution in [3.8, 4) is 0 Å². The average molecular weight is 296 g/mol. The summed E-state index contributed by atoms with van der Waals surface area (Å²) in [7, 11) is 0. The molecular formula is C17H20N4O. The Bertz CT molecular complexity index is 607. The number of ether oxygens (including phenoxy) is 1. The van der Waals surface area contributed by atoms with Gasteiger partial charge in [0.25, 0.3) is 0 Å². The second-order valence-electron chi connectivity index (χ2n) is 5.94. The van der Waals surface area contributed by atoms with Crippen molar-refractivity contribution < 1.29 is 4.74 Å². The average Bonchev–Trinajstić information content (AvgIpc) is 2.99. The highest BCUT2D eigenvalue weighted by molar-refractivity contribution is 5.46. The third-order valence-electron chi connectivity index (χ3n) is 4.48. The molecular weight excluding hydrogens is 276 g/mol. The Balaban J connectivity index is 1.49. The smallest absolute Gasteiger partial charge is 0.0918 e. The zero-order valence-corrected chi connectivity index (χ0v) is 12.5. The third-order valence-corrected chi connectivity index (χ3v) is 4.48. The molecule has 4 heterocycles. The number of hydrogen-bond acceptors (Lipinski definition) is 5. The molecule has 5 heteroatoms. The molecule has 0 aliphatic carbocycles. The monoisotopic (exact) mass is 296 g/mol. The first kappa shape index (κ1) is 13.7. The second-order valence-corrected chi connectivity index (χ2v) is 5.94. The van der Waals surface area contributed by atoms with E-state index < -0.39 is 0 Å². The lowest BCUT2D eigenvalue weighted by Crippen LogP contribution is -2.51. The van der Waals surface area contributed by atoms with Crippen LogP contribution in [0.25, 0.3) is 0 Å². The van der Waals surface area contributed by atoms with Gasteiger partial charge in [0.1, 0.15) is 0 Å². The fourth-order valence-electron chi connectivity index (χ4n) is 3.49. The Kier molecular flexibility index (Phi) is 3.74. The van der Waals surface area contributed by atoms with Gasteiger partial charge in [-0.3, -0.25) is 14.9 Å². The molecule has 0 saturated carbocycles. The predicted molar refractivity (Wildman–Crippen MR) is 84.6 cm³/mol. The number of rotatable bonds is 3. The van der Waals surface area contributed by atoms with Crippen molar-refractivity contribution in [3.63, 3.8) is 0 Å². The molecule has 2 saturated heterocycles. The van der Waals surface area contributed by atoms with Crippen molar-refractivity contribution in [1.82, 2.24) is 14.9 Å². The Morgan fingerprint density at radius 2 is 1.95 bits per heavy atom. The maximum Gasteiger partial charge on any atom is 0.0918 e. The Morgan fingerprint density at radius 3 is 2.73 bits per heavy atom. The second kappa shape index (κ2) is 6.02. The molecule has 2 fully saturated rings. The van der Waals surface area contributed by atoms with Crippen LogP contribution in [0.4, 0.5) is 5.69 Å². The van der Waals surface area contributed by atoms with Crippen molar-refractivity contribution in [2.24, 2.45) is 0 Å². The Labute approximate surface area is 130 Å². The van der Waals surface area contributed by atoms with E-state index in [0.29, 0.717) is 6.04 Å². The lowest BCUT2D eigenvalue weighted by Gasteiger charge is -2.38. The van der Waals surface area contributed by atoms with E-state index >= 15 is 0 Å². The van der Waals surface area contributed by atoms with Crippen molar-refractivity contribution in [3.05, 3.63) is 54.6 Å². The third kappa shape index (κ3) is 2.69. The maximum atomic E-state index is 6.00. The van der Waals surface area contributed by atoms with Gasteiger partial charge in [-0.2, -0.15) is 0 Å². The lowest BCUT2D eigenvalue weighted by atomic mass is 10.1. The van der Waals surface area contributed by atoms with Crippen LogP contribution in [-0.4, -0.2) is 53.3 Å². The number of hydrogen-bond donors (Lipinski definition) is 0. The van der Waals surface area contributed by atoms with Gasteiger partial charge < -0.3 is 9.64 Å². The van der Waals surface area contributed by atoms with E-state index in [1.807, 2.05) is 36.9 Å². The van der Waals surface area contributed by atoms with E-state index in [0.717, 1.165) is 32.8 Å². The summed E-state index contributed by atoms with van der Waals surface area (Å²) in [6, 6.07) is 8.68. The van der Waals surface area contributed by atoms with Crippen LogP contribution in [0, 0.1) is 0 Å². The van der Waals surface area contributed by atoms with Gasteiger partial charge in [0.05, 0.1) is 30.6 Å². The quantitative estimate of drug-likeness (QED) is 0.860. The molecule has 0 spiro atoms. The topological polar surface area (TPSA) is 41.5 Å². The number of fused-ring (bicyclic) bond motifs is 1. The van der Waals surface area contributed by atoms with Crippen LogP contribution in [0.2, 0.25) is 0 Å². The van der Waals surface area contributed by atoms with Crippen LogP contribution in [-0.2, 0) is 11.3 Å². The summed E-state index contributed by atoms with van der Waals surface area (Å²) in [4.78, 5) is 13.4. The molecule has 0 bridgehead atoms. The van der Waals surface area contributed by atoms with Crippen LogP contribution in [0.5, 0.6) is 0 Å². The number of pyridine rings is 2. The minimum absolute atomic E-state index is 0.283. The number of likely N-dealkylation sites (tertiary alicyclic amines) is 1. The molecule has 5 nitrogen and oxygen atoms in total. The summed E-state index contributed by atoms with van der Waals surface area (Å²) < 4.78 is 6.00. The highest BCUT2D eigenvalue weighted by Gasteiger charge is 2.40. The van der Waals surface area contributed by atoms with E-state index in [2.05, 4.69) is 31.9 Å². The molecule has 114 valence electrons. The van der Waals surface area contributed by atoms with E-state index in [1.54, 1.807) is 0 Å². The van der Waals surface area contributed by atoms with Crippen molar-refractivity contribution in [2.45, 2.75) is 18.7 Å². The summed E-state index contributed by atoms with van der Waals surface area (Å²) in [6.07, 6.45) is 7.82. The highest BCUT2D eigenvalue weighted by atomic mass is 16.5. The largest absolute Gasteiger partial charge is 0.373 e. The zero-order valence-electron chi connectivity index (χ0n) is 12.5. The molecule has 0 aromatic carbocycles. The molecule has 2 aliphatic rings. The van der Waals surface area contributed by atoms with Crippen LogP contribution in [0.15, 0.2) is 49.1 Å². The molecule has 2 aromatic rings. The number of anilines is 1. The molecule has 2 atom stereocenters. The molecule has 0 radical (unpaired) electrons. The number of aromatic nitrogens is 2. The van der Waals surface area contributed by atoms with Crippen molar-refractivity contribution in [1.29, 1.82) is 0 Å². The van der Waals surface area contributed by atoms with Gasteiger partial charge in [-0.25, -0.2) is 0 Å². The van der Waals surface area contributed by atoms with E-state index in [1.165, 1.54) is 11.3 Å². The summed E-state index contributed by atoms with van der Waals surface area (Å²) in [5.74, 6) is 0. The lowest BCUT2D eigenvalue weighted by molar-refractivity contribution is 0.0306. The van der Waals surface area contributed by atoms with E-state index in [9.17, 15) is 0 Å². The van der Waals surface area contributed by atoms with Crippen LogP contribution >= 0.6 is 0 Å². The van der Waals surface area contributed by atoms with Crippen molar-refractivity contribution >= 4 is 5.69 Å². The molecule has 22 heavy (non-hydrogen) atoms.